The van der Waals surface area contributed by atoms with E-state index in [0.29, 0.717) is 6.42 Å². The van der Waals surface area contributed by atoms with Crippen molar-refractivity contribution in [1.29, 1.82) is 0 Å². The Balaban J connectivity index is 1.42. The Morgan fingerprint density at radius 3 is 3.00 bits per heavy atom. The minimum absolute atomic E-state index is 0.126. The van der Waals surface area contributed by atoms with E-state index in [1.54, 1.807) is 18.4 Å². The molecule has 1 aliphatic heterocycles. The molecule has 28 heavy (non-hydrogen) atoms. The number of carbonyl (C=O) groups is 1. The Labute approximate surface area is 166 Å². The van der Waals surface area contributed by atoms with Crippen LogP contribution < -0.4 is 9.64 Å². The first kappa shape index (κ1) is 17.0. The summed E-state index contributed by atoms with van der Waals surface area (Å²) in [4.78, 5) is 20.5. The van der Waals surface area contributed by atoms with E-state index < -0.39 is 0 Å². The predicted molar refractivity (Wildman–Crippen MR) is 111 cm³/mol. The number of fused-ring (bicyclic) bond motifs is 2. The highest BCUT2D eigenvalue weighted by molar-refractivity contribution is 7.15. The maximum atomic E-state index is 13.0. The van der Waals surface area contributed by atoms with Crippen LogP contribution in [0, 0.1) is 0 Å². The smallest absolute Gasteiger partial charge is 0.232 e. The molecule has 5 nitrogen and oxygen atoms in total. The van der Waals surface area contributed by atoms with Crippen molar-refractivity contribution in [2.45, 2.75) is 12.8 Å². The topological polar surface area (TPSA) is 46.8 Å². The summed E-state index contributed by atoms with van der Waals surface area (Å²) in [5.74, 6) is 0.929. The molecule has 3 heterocycles. The number of hydrogen-bond donors (Lipinski definition) is 0. The van der Waals surface area contributed by atoms with E-state index in [-0.39, 0.29) is 5.91 Å². The van der Waals surface area contributed by atoms with Crippen LogP contribution >= 0.6 is 11.3 Å². The first-order chi connectivity index (χ1) is 13.7. The van der Waals surface area contributed by atoms with Crippen LogP contribution in [0.2, 0.25) is 0 Å². The summed E-state index contributed by atoms with van der Waals surface area (Å²) in [5.41, 5.74) is 5.14. The molecule has 2 aromatic carbocycles. The van der Waals surface area contributed by atoms with Crippen molar-refractivity contribution in [2.75, 3.05) is 18.6 Å². The number of amides is 1. The molecular weight excluding hydrogens is 370 g/mol. The summed E-state index contributed by atoms with van der Waals surface area (Å²) < 4.78 is 7.34. The number of nitrogens with zero attached hydrogens (tertiary/aromatic N) is 3. The van der Waals surface area contributed by atoms with Crippen molar-refractivity contribution in [3.05, 3.63) is 71.4 Å². The van der Waals surface area contributed by atoms with Crippen molar-refractivity contribution in [3.8, 4) is 17.0 Å². The van der Waals surface area contributed by atoms with Crippen LogP contribution in [0.3, 0.4) is 0 Å². The number of anilines is 1. The van der Waals surface area contributed by atoms with Gasteiger partial charge < -0.3 is 9.64 Å². The fourth-order valence-corrected chi connectivity index (χ4v) is 4.60. The molecule has 0 spiro atoms. The Morgan fingerprint density at radius 1 is 1.21 bits per heavy atom. The molecule has 0 unspecified atom stereocenters. The quantitative estimate of drug-likeness (QED) is 0.525. The first-order valence-electron chi connectivity index (χ1n) is 9.21. The number of aromatic nitrogens is 2. The lowest BCUT2D eigenvalue weighted by atomic mass is 10.1. The summed E-state index contributed by atoms with van der Waals surface area (Å²) in [5, 5.41) is 2.03. The summed E-state index contributed by atoms with van der Waals surface area (Å²) in [6.45, 7) is 0.754. The highest BCUT2D eigenvalue weighted by Gasteiger charge is 2.25. The molecule has 0 fully saturated rings. The predicted octanol–water partition coefficient (Wildman–Crippen LogP) is 4.20. The van der Waals surface area contributed by atoms with Gasteiger partial charge in [0.2, 0.25) is 5.91 Å². The summed E-state index contributed by atoms with van der Waals surface area (Å²) in [7, 11) is 1.66. The fourth-order valence-electron chi connectivity index (χ4n) is 3.73. The lowest BCUT2D eigenvalue weighted by molar-refractivity contribution is -0.117. The third-order valence-corrected chi connectivity index (χ3v) is 6.06. The Bertz CT molecular complexity index is 1180. The number of ether oxygens (including phenoxy) is 1. The maximum absolute atomic E-state index is 13.0. The molecular formula is C22H19N3O2S. The molecule has 5 rings (SSSR count). The molecule has 140 valence electrons. The summed E-state index contributed by atoms with van der Waals surface area (Å²) >= 11 is 1.56. The van der Waals surface area contributed by atoms with Crippen LogP contribution in [-0.4, -0.2) is 28.9 Å². The van der Waals surface area contributed by atoms with E-state index in [9.17, 15) is 4.79 Å². The van der Waals surface area contributed by atoms with Gasteiger partial charge in [-0.2, -0.15) is 0 Å². The molecule has 0 saturated heterocycles. The highest BCUT2D eigenvalue weighted by atomic mass is 32.1. The molecule has 1 aliphatic rings. The second-order valence-corrected chi connectivity index (χ2v) is 7.68. The molecule has 6 heteroatoms. The van der Waals surface area contributed by atoms with Gasteiger partial charge in [-0.1, -0.05) is 30.3 Å². The largest absolute Gasteiger partial charge is 0.497 e. The van der Waals surface area contributed by atoms with Crippen LogP contribution in [0.5, 0.6) is 5.75 Å². The van der Waals surface area contributed by atoms with Crippen LogP contribution in [0.1, 0.15) is 11.3 Å². The number of thiazole rings is 1. The van der Waals surface area contributed by atoms with E-state index in [0.717, 1.165) is 46.3 Å². The van der Waals surface area contributed by atoms with Gasteiger partial charge in [0.15, 0.2) is 4.96 Å². The number of imidazole rings is 1. The second-order valence-electron chi connectivity index (χ2n) is 6.84. The van der Waals surface area contributed by atoms with Gasteiger partial charge in [-0.25, -0.2) is 4.98 Å². The van der Waals surface area contributed by atoms with Crippen molar-refractivity contribution in [2.24, 2.45) is 0 Å². The van der Waals surface area contributed by atoms with E-state index >= 15 is 0 Å². The minimum atomic E-state index is 0.126. The molecule has 1 amide bonds. The highest BCUT2D eigenvalue weighted by Crippen LogP contribution is 2.29. The zero-order chi connectivity index (χ0) is 19.1. The second kappa shape index (κ2) is 6.80. The van der Waals surface area contributed by atoms with Crippen molar-refractivity contribution < 1.29 is 9.53 Å². The molecule has 0 saturated carbocycles. The SMILES string of the molecule is COc1cccc(-c2cn3c(CC(=O)N4CCc5ccccc54)csc3n2)c1. The van der Waals surface area contributed by atoms with Gasteiger partial charge in [-0.3, -0.25) is 9.20 Å². The Kier molecular flexibility index (Phi) is 4.13. The molecule has 2 aromatic heterocycles. The Hall–Kier alpha value is -3.12. The van der Waals surface area contributed by atoms with Gasteiger partial charge in [-0.05, 0) is 30.2 Å². The molecule has 0 bridgehead atoms. The number of rotatable bonds is 4. The molecule has 0 atom stereocenters. The zero-order valence-electron chi connectivity index (χ0n) is 15.5. The number of benzene rings is 2. The number of methoxy groups -OCH3 is 1. The standard InChI is InChI=1S/C22H19N3O2S/c1-27-18-7-4-6-16(11-18)19-13-25-17(14-28-22(25)23-19)12-21(26)24-10-9-15-5-2-3-8-20(15)24/h2-8,11,13-14H,9-10,12H2,1H3. The average Bonchev–Trinajstić information content (AvgIpc) is 3.43. The monoisotopic (exact) mass is 389 g/mol. The number of carbonyl (C=O) groups excluding carboxylic acids is 1. The number of para-hydroxylation sites is 1. The third-order valence-electron chi connectivity index (χ3n) is 5.17. The van der Waals surface area contributed by atoms with Crippen molar-refractivity contribution in [3.63, 3.8) is 0 Å². The van der Waals surface area contributed by atoms with Crippen LogP contribution in [-0.2, 0) is 17.6 Å². The molecule has 0 radical (unpaired) electrons. The fraction of sp³-hybridized carbons (Fsp3) is 0.182. The average molecular weight is 389 g/mol. The minimum Gasteiger partial charge on any atom is -0.497 e. The zero-order valence-corrected chi connectivity index (χ0v) is 16.3. The normalized spacial score (nSPS) is 13.1. The van der Waals surface area contributed by atoms with Crippen molar-refractivity contribution >= 4 is 27.9 Å². The molecule has 4 aromatic rings. The summed E-state index contributed by atoms with van der Waals surface area (Å²) in [6, 6.07) is 16.0. The van der Waals surface area contributed by atoms with Gasteiger partial charge in [0, 0.05) is 35.1 Å². The van der Waals surface area contributed by atoms with E-state index in [4.69, 9.17) is 9.72 Å². The lowest BCUT2D eigenvalue weighted by Crippen LogP contribution is -2.30. The summed E-state index contributed by atoms with van der Waals surface area (Å²) in [6.07, 6.45) is 3.29. The van der Waals surface area contributed by atoms with Crippen LogP contribution in [0.15, 0.2) is 60.1 Å². The van der Waals surface area contributed by atoms with Gasteiger partial charge >= 0.3 is 0 Å². The third kappa shape index (κ3) is 2.86. The Morgan fingerprint density at radius 2 is 2.11 bits per heavy atom. The van der Waals surface area contributed by atoms with Crippen LogP contribution in [0.25, 0.3) is 16.2 Å². The van der Waals surface area contributed by atoms with Gasteiger partial charge in [0.05, 0.1) is 19.2 Å². The van der Waals surface area contributed by atoms with E-state index in [1.165, 1.54) is 5.56 Å². The van der Waals surface area contributed by atoms with Crippen LogP contribution in [0.4, 0.5) is 5.69 Å². The van der Waals surface area contributed by atoms with Gasteiger partial charge in [0.1, 0.15) is 5.75 Å². The first-order valence-corrected chi connectivity index (χ1v) is 10.1. The molecule has 0 N–H and O–H groups in total. The lowest BCUT2D eigenvalue weighted by Gasteiger charge is -2.17. The van der Waals surface area contributed by atoms with E-state index in [1.807, 2.05) is 63.3 Å². The van der Waals surface area contributed by atoms with E-state index in [2.05, 4.69) is 6.07 Å². The molecule has 0 aliphatic carbocycles. The van der Waals surface area contributed by atoms with Gasteiger partial charge in [0.25, 0.3) is 0 Å². The maximum Gasteiger partial charge on any atom is 0.232 e. The van der Waals surface area contributed by atoms with Crippen molar-refractivity contribution in [1.82, 2.24) is 9.38 Å². The number of hydrogen-bond acceptors (Lipinski definition) is 4. The van der Waals surface area contributed by atoms with Gasteiger partial charge in [-0.15, -0.1) is 11.3 Å².